The van der Waals surface area contributed by atoms with E-state index in [1.165, 1.54) is 10.1 Å². The molecule has 0 saturated heterocycles. The SMILES string of the molecule is Cc1ccc(CCNC(=O)c2nnn3cc(C)[nH]c(=O)c23)cc1. The number of carbonyl (C=O) groups excluding carboxylic acids is 1. The average molecular weight is 311 g/mol. The average Bonchev–Trinajstić information content (AvgIpc) is 2.93. The highest BCUT2D eigenvalue weighted by Crippen LogP contribution is 2.05. The van der Waals surface area contributed by atoms with Crippen molar-refractivity contribution in [3.63, 3.8) is 0 Å². The van der Waals surface area contributed by atoms with Gasteiger partial charge in [0.2, 0.25) is 0 Å². The van der Waals surface area contributed by atoms with E-state index in [2.05, 4.69) is 20.6 Å². The van der Waals surface area contributed by atoms with Crippen molar-refractivity contribution in [2.75, 3.05) is 6.54 Å². The third-order valence-electron chi connectivity index (χ3n) is 3.57. The van der Waals surface area contributed by atoms with Crippen molar-refractivity contribution in [3.05, 3.63) is 63.3 Å². The van der Waals surface area contributed by atoms with E-state index in [-0.39, 0.29) is 16.8 Å². The van der Waals surface area contributed by atoms with E-state index in [0.717, 1.165) is 5.56 Å². The Hall–Kier alpha value is -2.96. The summed E-state index contributed by atoms with van der Waals surface area (Å²) >= 11 is 0. The van der Waals surface area contributed by atoms with E-state index in [0.29, 0.717) is 18.7 Å². The van der Waals surface area contributed by atoms with E-state index >= 15 is 0 Å². The molecule has 118 valence electrons. The molecular weight excluding hydrogens is 294 g/mol. The van der Waals surface area contributed by atoms with Crippen LogP contribution in [-0.2, 0) is 6.42 Å². The summed E-state index contributed by atoms with van der Waals surface area (Å²) in [5, 5.41) is 10.4. The lowest BCUT2D eigenvalue weighted by molar-refractivity contribution is 0.0950. The first-order valence-corrected chi connectivity index (χ1v) is 7.33. The lowest BCUT2D eigenvalue weighted by atomic mass is 10.1. The molecule has 0 aliphatic heterocycles. The van der Waals surface area contributed by atoms with Crippen molar-refractivity contribution < 1.29 is 4.79 Å². The Morgan fingerprint density at radius 3 is 2.74 bits per heavy atom. The lowest BCUT2D eigenvalue weighted by Gasteiger charge is -2.04. The van der Waals surface area contributed by atoms with Gasteiger partial charge in [-0.1, -0.05) is 35.0 Å². The first kappa shape index (κ1) is 15.0. The van der Waals surface area contributed by atoms with Gasteiger partial charge in [0.15, 0.2) is 11.2 Å². The summed E-state index contributed by atoms with van der Waals surface area (Å²) in [6, 6.07) is 8.13. The van der Waals surface area contributed by atoms with Crippen molar-refractivity contribution in [3.8, 4) is 0 Å². The Labute approximate surface area is 132 Å². The van der Waals surface area contributed by atoms with Gasteiger partial charge >= 0.3 is 0 Å². The molecule has 0 fully saturated rings. The number of carbonyl (C=O) groups is 1. The number of amides is 1. The van der Waals surface area contributed by atoms with Crippen LogP contribution in [0.25, 0.3) is 5.52 Å². The van der Waals surface area contributed by atoms with Crippen LogP contribution in [0, 0.1) is 13.8 Å². The molecule has 0 atom stereocenters. The molecular formula is C16H17N5O2. The van der Waals surface area contributed by atoms with Gasteiger partial charge in [-0.05, 0) is 25.8 Å². The zero-order chi connectivity index (χ0) is 16.4. The topological polar surface area (TPSA) is 92.2 Å². The highest BCUT2D eigenvalue weighted by Gasteiger charge is 2.17. The van der Waals surface area contributed by atoms with E-state index in [1.54, 1.807) is 13.1 Å². The maximum atomic E-state index is 12.2. The summed E-state index contributed by atoms with van der Waals surface area (Å²) in [5.74, 6) is -0.401. The Kier molecular flexibility index (Phi) is 3.92. The van der Waals surface area contributed by atoms with Crippen LogP contribution in [0.5, 0.6) is 0 Å². The Morgan fingerprint density at radius 2 is 2.00 bits per heavy atom. The van der Waals surface area contributed by atoms with E-state index in [1.807, 2.05) is 31.2 Å². The van der Waals surface area contributed by atoms with Gasteiger partial charge in [0, 0.05) is 12.2 Å². The number of nitrogens with one attached hydrogen (secondary N) is 2. The first-order valence-electron chi connectivity index (χ1n) is 7.33. The molecule has 23 heavy (non-hydrogen) atoms. The van der Waals surface area contributed by atoms with Gasteiger partial charge in [-0.25, -0.2) is 4.52 Å². The van der Waals surface area contributed by atoms with Gasteiger partial charge in [-0.2, -0.15) is 0 Å². The number of H-pyrrole nitrogens is 1. The predicted octanol–water partition coefficient (Wildman–Crippen LogP) is 1.01. The first-order chi connectivity index (χ1) is 11.0. The second kappa shape index (κ2) is 6.04. The minimum atomic E-state index is -0.401. The Morgan fingerprint density at radius 1 is 1.26 bits per heavy atom. The van der Waals surface area contributed by atoms with Crippen molar-refractivity contribution in [2.45, 2.75) is 20.3 Å². The number of aryl methyl sites for hydroxylation is 2. The number of benzene rings is 1. The van der Waals surface area contributed by atoms with Gasteiger partial charge in [0.05, 0.1) is 6.20 Å². The zero-order valence-corrected chi connectivity index (χ0v) is 13.0. The smallest absolute Gasteiger partial charge is 0.276 e. The second-order valence-electron chi connectivity index (χ2n) is 5.49. The summed E-state index contributed by atoms with van der Waals surface area (Å²) in [6.45, 7) is 4.23. The molecule has 1 amide bonds. The largest absolute Gasteiger partial charge is 0.350 e. The molecule has 7 heteroatoms. The van der Waals surface area contributed by atoms with E-state index < -0.39 is 5.91 Å². The van der Waals surface area contributed by atoms with Crippen molar-refractivity contribution in [2.24, 2.45) is 0 Å². The van der Waals surface area contributed by atoms with Crippen LogP contribution in [0.15, 0.2) is 35.3 Å². The number of fused-ring (bicyclic) bond motifs is 1. The molecule has 0 aliphatic carbocycles. The standard InChI is InChI=1S/C16H17N5O2/c1-10-3-5-12(6-4-10)7-8-17-15(22)13-14-16(23)18-11(2)9-21(14)20-19-13/h3-6,9H,7-8H2,1-2H3,(H,17,22)(H,18,23). The van der Waals surface area contributed by atoms with Gasteiger partial charge in [-0.3, -0.25) is 9.59 Å². The fourth-order valence-electron chi connectivity index (χ4n) is 2.36. The molecule has 2 aromatic heterocycles. The van der Waals surface area contributed by atoms with Gasteiger partial charge in [0.1, 0.15) is 0 Å². The van der Waals surface area contributed by atoms with Crippen molar-refractivity contribution in [1.82, 2.24) is 25.1 Å². The highest BCUT2D eigenvalue weighted by molar-refractivity contribution is 5.98. The van der Waals surface area contributed by atoms with Gasteiger partial charge in [-0.15, -0.1) is 5.10 Å². The fourth-order valence-corrected chi connectivity index (χ4v) is 2.36. The normalized spacial score (nSPS) is 10.9. The van der Waals surface area contributed by atoms with Crippen LogP contribution in [0.3, 0.4) is 0 Å². The van der Waals surface area contributed by atoms with Crippen molar-refractivity contribution in [1.29, 1.82) is 0 Å². The predicted molar refractivity (Wildman–Crippen MR) is 85.6 cm³/mol. The quantitative estimate of drug-likeness (QED) is 0.752. The molecule has 0 saturated carbocycles. The third-order valence-corrected chi connectivity index (χ3v) is 3.57. The number of hydrogen-bond acceptors (Lipinski definition) is 4. The van der Waals surface area contributed by atoms with Crippen LogP contribution in [0.2, 0.25) is 0 Å². The van der Waals surface area contributed by atoms with E-state index in [4.69, 9.17) is 0 Å². The Bertz CT molecular complexity index is 908. The summed E-state index contributed by atoms with van der Waals surface area (Å²) in [5.41, 5.74) is 2.80. The van der Waals surface area contributed by atoms with Gasteiger partial charge in [0.25, 0.3) is 11.5 Å². The van der Waals surface area contributed by atoms with Crippen LogP contribution in [0.1, 0.15) is 27.3 Å². The second-order valence-corrected chi connectivity index (χ2v) is 5.49. The highest BCUT2D eigenvalue weighted by atomic mass is 16.2. The molecule has 3 rings (SSSR count). The number of rotatable bonds is 4. The van der Waals surface area contributed by atoms with Crippen LogP contribution < -0.4 is 10.9 Å². The van der Waals surface area contributed by atoms with Crippen LogP contribution in [-0.4, -0.2) is 32.3 Å². The molecule has 0 bridgehead atoms. The summed E-state index contributed by atoms with van der Waals surface area (Å²) in [4.78, 5) is 26.8. The number of hydrogen-bond donors (Lipinski definition) is 2. The molecule has 7 nitrogen and oxygen atoms in total. The molecule has 3 aromatic rings. The maximum absolute atomic E-state index is 12.2. The zero-order valence-electron chi connectivity index (χ0n) is 13.0. The monoisotopic (exact) mass is 311 g/mol. The number of aromatic amines is 1. The molecule has 2 N–H and O–H groups in total. The van der Waals surface area contributed by atoms with Crippen molar-refractivity contribution >= 4 is 11.4 Å². The molecule has 0 radical (unpaired) electrons. The minimum absolute atomic E-state index is 0.0372. The van der Waals surface area contributed by atoms with Crippen LogP contribution >= 0.6 is 0 Å². The maximum Gasteiger partial charge on any atom is 0.276 e. The third kappa shape index (κ3) is 3.13. The number of aromatic nitrogens is 4. The minimum Gasteiger partial charge on any atom is -0.350 e. The summed E-state index contributed by atoms with van der Waals surface area (Å²) < 4.78 is 1.32. The molecule has 0 spiro atoms. The van der Waals surface area contributed by atoms with Crippen LogP contribution in [0.4, 0.5) is 0 Å². The number of nitrogens with zero attached hydrogens (tertiary/aromatic N) is 3. The molecule has 0 unspecified atom stereocenters. The lowest BCUT2D eigenvalue weighted by Crippen LogP contribution is -2.27. The van der Waals surface area contributed by atoms with E-state index in [9.17, 15) is 9.59 Å². The molecule has 1 aromatic carbocycles. The Balaban J connectivity index is 1.71. The molecule has 2 heterocycles. The van der Waals surface area contributed by atoms with Gasteiger partial charge < -0.3 is 10.3 Å². The molecule has 0 aliphatic rings. The summed E-state index contributed by atoms with van der Waals surface area (Å²) in [6.07, 6.45) is 2.33. The fraction of sp³-hybridized carbons (Fsp3) is 0.250. The summed E-state index contributed by atoms with van der Waals surface area (Å²) in [7, 11) is 0.